The second-order valence-corrected chi connectivity index (χ2v) is 14.7. The summed E-state index contributed by atoms with van der Waals surface area (Å²) in [5.41, 5.74) is 0. The number of alkyl halides is 17. The fraction of sp³-hybridized carbons (Fsp3) is 0.625. The fourth-order valence-electron chi connectivity index (χ4n) is 2.72. The smallest absolute Gasteiger partial charge is 0.204 e. The van der Waals surface area contributed by atoms with Gasteiger partial charge in [0.05, 0.1) is 0 Å². The van der Waals surface area contributed by atoms with Crippen LogP contribution in [0.3, 0.4) is 0 Å². The minimum Gasteiger partial charge on any atom is -0.204 e. The molecule has 0 atom stereocenters. The van der Waals surface area contributed by atoms with Crippen LogP contribution in [0.1, 0.15) is 6.42 Å². The first-order valence-corrected chi connectivity index (χ1v) is 13.5. The van der Waals surface area contributed by atoms with E-state index in [4.69, 9.17) is 22.2 Å². The van der Waals surface area contributed by atoms with Crippen molar-refractivity contribution in [2.75, 3.05) is 0 Å². The molecule has 0 unspecified atom stereocenters. The molecule has 1 aromatic rings. The van der Waals surface area contributed by atoms with Gasteiger partial charge in [-0.1, -0.05) is 0 Å². The molecule has 0 radical (unpaired) electrons. The average molecular weight is 713 g/mol. The van der Waals surface area contributed by atoms with Gasteiger partial charge in [0.2, 0.25) is 5.82 Å². The second-order valence-electron chi connectivity index (χ2n) is 7.80. The first-order valence-electron chi connectivity index (χ1n) is 9.24. The minimum absolute atomic E-state index is 2.39. The molecule has 240 valence electrons. The predicted octanol–water partition coefficient (Wildman–Crippen LogP) is 8.91. The van der Waals surface area contributed by atoms with Crippen molar-refractivity contribution in [1.29, 1.82) is 0 Å². The van der Waals surface area contributed by atoms with E-state index in [-0.39, 0.29) is 0 Å². The highest BCUT2D eigenvalue weighted by atomic mass is 35.7. The summed E-state index contributed by atoms with van der Waals surface area (Å²) in [6.07, 6.45) is -11.3. The summed E-state index contributed by atoms with van der Waals surface area (Å²) in [7, 11) is 0. The monoisotopic (exact) mass is 712 g/mol. The van der Waals surface area contributed by atoms with Crippen LogP contribution in [0, 0.1) is 29.1 Å². The Balaban J connectivity index is 3.60. The van der Waals surface area contributed by atoms with Crippen molar-refractivity contribution in [3.63, 3.8) is 0 Å². The molecule has 0 aromatic heterocycles. The van der Waals surface area contributed by atoms with Crippen molar-refractivity contribution < 1.29 is 96.6 Å². The molecule has 0 aliphatic heterocycles. The Labute approximate surface area is 220 Å². The number of rotatable bonds is 10. The Bertz CT molecular complexity index is 1130. The van der Waals surface area contributed by atoms with Crippen molar-refractivity contribution >= 4 is 34.0 Å². The maximum atomic E-state index is 14.0. The van der Waals surface area contributed by atoms with E-state index in [1.807, 2.05) is 0 Å². The molecular weight excluding hydrogens is 709 g/mol. The molecule has 41 heavy (non-hydrogen) atoms. The minimum atomic E-state index is -8.88. The summed E-state index contributed by atoms with van der Waals surface area (Å²) >= 11 is 10.4. The standard InChI is InChI=1S/C16H4Cl2F22Si/c17-41(18,8-6(22)4(20)3(19)5(21)7(8)23)2-1-9(24,25)10(26,27)11(28,29)12(30,31)13(32,33)14(34,35)15(36,37)16(38,39)40/h1-2H2. The zero-order valence-electron chi connectivity index (χ0n) is 18.0. The molecule has 0 heterocycles. The van der Waals surface area contributed by atoms with Gasteiger partial charge in [-0.15, -0.1) is 22.2 Å². The van der Waals surface area contributed by atoms with Gasteiger partial charge in [-0.2, -0.15) is 74.6 Å². The van der Waals surface area contributed by atoms with E-state index in [9.17, 15) is 96.6 Å². The van der Waals surface area contributed by atoms with E-state index in [1.54, 1.807) is 0 Å². The lowest BCUT2D eigenvalue weighted by Gasteiger charge is -2.43. The summed E-state index contributed by atoms with van der Waals surface area (Å²) in [6, 6.07) is -2.49. The zero-order valence-corrected chi connectivity index (χ0v) is 20.5. The van der Waals surface area contributed by atoms with E-state index < -0.39 is 101 Å². The van der Waals surface area contributed by atoms with Gasteiger partial charge in [-0.3, -0.25) is 0 Å². The molecular formula is C16H4Cl2F22Si. The highest BCUT2D eigenvalue weighted by Gasteiger charge is 2.95. The second kappa shape index (κ2) is 10.3. The maximum Gasteiger partial charge on any atom is 0.460 e. The third kappa shape index (κ3) is 5.28. The Morgan fingerprint density at radius 2 is 0.683 bits per heavy atom. The molecule has 0 aliphatic carbocycles. The summed E-state index contributed by atoms with van der Waals surface area (Å²) in [4.78, 5) is 0. The van der Waals surface area contributed by atoms with Crippen molar-refractivity contribution in [3.05, 3.63) is 29.1 Å². The Morgan fingerprint density at radius 3 is 1.00 bits per heavy atom. The first kappa shape index (κ1) is 37.5. The van der Waals surface area contributed by atoms with Gasteiger partial charge in [-0.05, 0) is 6.04 Å². The molecule has 0 N–H and O–H groups in total. The number of halogens is 24. The van der Waals surface area contributed by atoms with Gasteiger partial charge in [0.1, 0.15) is 0 Å². The first-order chi connectivity index (χ1) is 17.6. The van der Waals surface area contributed by atoms with E-state index in [0.717, 1.165) is 0 Å². The topological polar surface area (TPSA) is 0 Å². The van der Waals surface area contributed by atoms with Crippen LogP contribution in [-0.2, 0) is 0 Å². The average Bonchev–Trinajstić information content (AvgIpc) is 2.78. The summed E-state index contributed by atoms with van der Waals surface area (Å²) in [5.74, 6) is -73.3. The van der Waals surface area contributed by atoms with E-state index in [2.05, 4.69) is 0 Å². The third-order valence-corrected chi connectivity index (χ3v) is 9.43. The van der Waals surface area contributed by atoms with Gasteiger partial charge in [0.15, 0.2) is 23.3 Å². The molecule has 0 spiro atoms. The number of hydrogen-bond donors (Lipinski definition) is 0. The van der Waals surface area contributed by atoms with Gasteiger partial charge in [-0.25, -0.2) is 22.0 Å². The molecule has 0 nitrogen and oxygen atoms in total. The summed E-state index contributed by atoms with van der Waals surface area (Å²) in [6.45, 7) is -5.85. The van der Waals surface area contributed by atoms with E-state index in [0.29, 0.717) is 0 Å². The molecule has 1 rings (SSSR count). The Morgan fingerprint density at radius 1 is 0.415 bits per heavy atom. The zero-order chi connectivity index (χ0) is 33.4. The van der Waals surface area contributed by atoms with Crippen molar-refractivity contribution in [2.24, 2.45) is 0 Å². The quantitative estimate of drug-likeness (QED) is 0.0748. The van der Waals surface area contributed by atoms with Crippen LogP contribution in [0.25, 0.3) is 0 Å². The van der Waals surface area contributed by atoms with Crippen molar-refractivity contribution in [1.82, 2.24) is 0 Å². The fourth-order valence-corrected chi connectivity index (χ4v) is 6.02. The normalized spacial score (nSPS) is 15.5. The van der Waals surface area contributed by atoms with Gasteiger partial charge < -0.3 is 0 Å². The lowest BCUT2D eigenvalue weighted by Crippen LogP contribution is -2.74. The Kier molecular flexibility index (Phi) is 9.41. The number of hydrogen-bond acceptors (Lipinski definition) is 0. The molecule has 0 saturated heterocycles. The molecule has 1 aromatic carbocycles. The van der Waals surface area contributed by atoms with Crippen LogP contribution < -0.4 is 5.19 Å². The SMILES string of the molecule is Fc1c(F)c(F)c([Si](Cl)(Cl)CCC(F)(F)C(F)(F)C(F)(F)C(F)(F)C(F)(F)C(F)(F)C(F)(F)C(F)(F)F)c(F)c1F. The largest absolute Gasteiger partial charge is 0.460 e. The van der Waals surface area contributed by atoms with E-state index >= 15 is 0 Å². The van der Waals surface area contributed by atoms with Crippen molar-refractivity contribution in [3.8, 4) is 0 Å². The van der Waals surface area contributed by atoms with Gasteiger partial charge in [0, 0.05) is 11.6 Å². The molecule has 0 amide bonds. The Hall–Kier alpha value is -1.52. The van der Waals surface area contributed by atoms with Crippen LogP contribution >= 0.6 is 22.2 Å². The predicted molar refractivity (Wildman–Crippen MR) is 93.4 cm³/mol. The molecule has 0 aliphatic rings. The van der Waals surface area contributed by atoms with Crippen LogP contribution in [0.15, 0.2) is 0 Å². The van der Waals surface area contributed by atoms with Gasteiger partial charge in [0.25, 0.3) is 6.69 Å². The highest BCUT2D eigenvalue weighted by molar-refractivity contribution is 7.51. The van der Waals surface area contributed by atoms with Crippen LogP contribution in [0.4, 0.5) is 96.6 Å². The molecule has 25 heteroatoms. The lowest BCUT2D eigenvalue weighted by atomic mass is 9.88. The molecule has 0 saturated carbocycles. The van der Waals surface area contributed by atoms with Gasteiger partial charge >= 0.3 is 47.6 Å². The highest BCUT2D eigenvalue weighted by Crippen LogP contribution is 2.64. The molecule has 0 bridgehead atoms. The van der Waals surface area contributed by atoms with E-state index in [1.165, 1.54) is 0 Å². The van der Waals surface area contributed by atoms with Crippen LogP contribution in [-0.4, -0.2) is 54.3 Å². The number of benzene rings is 1. The molecule has 0 fully saturated rings. The summed E-state index contributed by atoms with van der Waals surface area (Å²) in [5, 5.41) is -2.39. The maximum absolute atomic E-state index is 14.0. The lowest BCUT2D eigenvalue weighted by molar-refractivity contribution is -0.461. The van der Waals surface area contributed by atoms with Crippen LogP contribution in [0.5, 0.6) is 0 Å². The third-order valence-electron chi connectivity index (χ3n) is 5.12. The van der Waals surface area contributed by atoms with Crippen LogP contribution in [0.2, 0.25) is 6.04 Å². The van der Waals surface area contributed by atoms with Crippen molar-refractivity contribution in [2.45, 2.75) is 60.1 Å². The summed E-state index contributed by atoms with van der Waals surface area (Å²) < 4.78 is 293.